The lowest BCUT2D eigenvalue weighted by molar-refractivity contribution is -0.141. The van der Waals surface area contributed by atoms with Gasteiger partial charge >= 0.3 is 5.97 Å². The van der Waals surface area contributed by atoms with Gasteiger partial charge in [-0.15, -0.1) is 0 Å². The Kier molecular flexibility index (Phi) is 5.16. The lowest BCUT2D eigenvalue weighted by Crippen LogP contribution is -2.41. The molecule has 0 saturated heterocycles. The van der Waals surface area contributed by atoms with Crippen LogP contribution in [0, 0.1) is 0 Å². The number of furan rings is 1. The zero-order valence-electron chi connectivity index (χ0n) is 15.0. The fourth-order valence-corrected chi connectivity index (χ4v) is 3.27. The summed E-state index contributed by atoms with van der Waals surface area (Å²) < 4.78 is 20.8. The van der Waals surface area contributed by atoms with Crippen LogP contribution in [0.25, 0.3) is 0 Å². The van der Waals surface area contributed by atoms with Crippen molar-refractivity contribution in [1.82, 2.24) is 4.90 Å². The Morgan fingerprint density at radius 3 is 2.54 bits per heavy atom. The number of ether oxygens (including phenoxy) is 3. The van der Waals surface area contributed by atoms with Crippen molar-refractivity contribution in [1.29, 1.82) is 0 Å². The van der Waals surface area contributed by atoms with Gasteiger partial charge in [0.1, 0.15) is 0 Å². The second kappa shape index (κ2) is 7.51. The molecule has 3 rings (SSSR count). The van der Waals surface area contributed by atoms with Crippen molar-refractivity contribution in [3.8, 4) is 11.5 Å². The molecule has 2 heterocycles. The monoisotopic (exact) mass is 359 g/mol. The molecule has 1 aliphatic rings. The second-order valence-corrected chi connectivity index (χ2v) is 5.93. The summed E-state index contributed by atoms with van der Waals surface area (Å²) in [4.78, 5) is 26.5. The molecule has 26 heavy (non-hydrogen) atoms. The minimum absolute atomic E-state index is 0.0471. The highest BCUT2D eigenvalue weighted by Gasteiger charge is 2.35. The molecule has 7 heteroatoms. The fourth-order valence-electron chi connectivity index (χ4n) is 3.27. The van der Waals surface area contributed by atoms with Gasteiger partial charge in [0.25, 0.3) is 5.91 Å². The summed E-state index contributed by atoms with van der Waals surface area (Å²) in [7, 11) is 4.46. The number of carbonyl (C=O) groups excluding carboxylic acids is 2. The van der Waals surface area contributed by atoms with Crippen LogP contribution in [-0.2, 0) is 16.0 Å². The quantitative estimate of drug-likeness (QED) is 0.764. The Labute approximate surface area is 151 Å². The molecule has 2 aromatic rings. The van der Waals surface area contributed by atoms with Gasteiger partial charge in [-0.05, 0) is 41.8 Å². The summed E-state index contributed by atoms with van der Waals surface area (Å²) in [5, 5.41) is 0. The van der Waals surface area contributed by atoms with E-state index < -0.39 is 12.0 Å². The molecule has 138 valence electrons. The molecular weight excluding hydrogens is 338 g/mol. The van der Waals surface area contributed by atoms with Crippen LogP contribution in [0.5, 0.6) is 11.5 Å². The summed E-state index contributed by atoms with van der Waals surface area (Å²) in [5.41, 5.74) is 1.86. The number of esters is 1. The van der Waals surface area contributed by atoms with Gasteiger partial charge < -0.3 is 23.5 Å². The summed E-state index contributed by atoms with van der Waals surface area (Å²) in [5.74, 6) is 0.755. The van der Waals surface area contributed by atoms with Crippen LogP contribution < -0.4 is 9.47 Å². The van der Waals surface area contributed by atoms with Gasteiger partial charge in [0.15, 0.2) is 17.3 Å². The molecule has 0 aliphatic carbocycles. The van der Waals surface area contributed by atoms with E-state index in [2.05, 4.69) is 0 Å². The van der Waals surface area contributed by atoms with Crippen LogP contribution in [0.4, 0.5) is 0 Å². The first-order chi connectivity index (χ1) is 12.6. The van der Waals surface area contributed by atoms with Crippen LogP contribution in [0.15, 0.2) is 34.9 Å². The Bertz CT molecular complexity index is 799. The average molecular weight is 359 g/mol. The predicted molar refractivity (Wildman–Crippen MR) is 92.4 cm³/mol. The Balaban J connectivity index is 2.03. The Morgan fingerprint density at radius 2 is 1.92 bits per heavy atom. The minimum atomic E-state index is -0.469. The van der Waals surface area contributed by atoms with Crippen molar-refractivity contribution in [3.63, 3.8) is 0 Å². The number of hydrogen-bond acceptors (Lipinski definition) is 6. The molecular formula is C19H21NO6. The van der Waals surface area contributed by atoms with E-state index in [1.807, 2.05) is 12.1 Å². The van der Waals surface area contributed by atoms with Crippen molar-refractivity contribution in [2.24, 2.45) is 0 Å². The molecule has 0 saturated carbocycles. The zero-order chi connectivity index (χ0) is 18.7. The van der Waals surface area contributed by atoms with Crippen molar-refractivity contribution < 1.29 is 28.2 Å². The molecule has 0 bridgehead atoms. The number of carbonyl (C=O) groups is 2. The van der Waals surface area contributed by atoms with E-state index in [0.29, 0.717) is 24.5 Å². The third kappa shape index (κ3) is 3.24. The Morgan fingerprint density at radius 1 is 1.19 bits per heavy atom. The summed E-state index contributed by atoms with van der Waals surface area (Å²) in [6.45, 7) is 0.462. The highest BCUT2D eigenvalue weighted by Crippen LogP contribution is 2.40. The standard InChI is InChI=1S/C19H21NO6/c1-23-16-9-12-6-7-20(19(22)15-5-4-8-26-15)14(11-18(21)25-3)13(12)10-17(16)24-2/h4-5,8-10,14H,6-7,11H2,1-3H3/t14-/m1/s1. The third-order valence-electron chi connectivity index (χ3n) is 4.58. The molecule has 0 N–H and O–H groups in total. The number of amides is 1. The third-order valence-corrected chi connectivity index (χ3v) is 4.58. The van der Waals surface area contributed by atoms with Crippen LogP contribution >= 0.6 is 0 Å². The van der Waals surface area contributed by atoms with E-state index in [0.717, 1.165) is 11.1 Å². The maximum Gasteiger partial charge on any atom is 0.307 e. The summed E-state index contributed by atoms with van der Waals surface area (Å²) in [6.07, 6.45) is 2.14. The van der Waals surface area contributed by atoms with Crippen molar-refractivity contribution in [2.75, 3.05) is 27.9 Å². The highest BCUT2D eigenvalue weighted by atomic mass is 16.5. The average Bonchev–Trinajstić information content (AvgIpc) is 3.21. The largest absolute Gasteiger partial charge is 0.493 e. The first-order valence-electron chi connectivity index (χ1n) is 8.25. The SMILES string of the molecule is COC(=O)C[C@@H]1c2cc(OC)c(OC)cc2CCN1C(=O)c1ccco1. The summed E-state index contributed by atoms with van der Waals surface area (Å²) in [6, 6.07) is 6.52. The van der Waals surface area contributed by atoms with E-state index in [4.69, 9.17) is 18.6 Å². The van der Waals surface area contributed by atoms with Crippen molar-refractivity contribution in [2.45, 2.75) is 18.9 Å². The van der Waals surface area contributed by atoms with E-state index in [1.54, 1.807) is 31.3 Å². The second-order valence-electron chi connectivity index (χ2n) is 5.93. The molecule has 1 aliphatic heterocycles. The van der Waals surface area contributed by atoms with Crippen molar-refractivity contribution in [3.05, 3.63) is 47.4 Å². The lowest BCUT2D eigenvalue weighted by atomic mass is 9.89. The van der Waals surface area contributed by atoms with Crippen LogP contribution in [0.3, 0.4) is 0 Å². The minimum Gasteiger partial charge on any atom is -0.493 e. The normalized spacial score (nSPS) is 16.0. The molecule has 7 nitrogen and oxygen atoms in total. The van der Waals surface area contributed by atoms with E-state index in [9.17, 15) is 9.59 Å². The number of rotatable bonds is 5. The van der Waals surface area contributed by atoms with Gasteiger partial charge in [0.2, 0.25) is 0 Å². The first-order valence-corrected chi connectivity index (χ1v) is 8.25. The van der Waals surface area contributed by atoms with Crippen molar-refractivity contribution >= 4 is 11.9 Å². The predicted octanol–water partition coefficient (Wildman–Crippen LogP) is 2.60. The van der Waals surface area contributed by atoms with Gasteiger partial charge in [-0.1, -0.05) is 0 Å². The number of fused-ring (bicyclic) bond motifs is 1. The molecule has 0 spiro atoms. The molecule has 0 unspecified atom stereocenters. The topological polar surface area (TPSA) is 78.2 Å². The number of nitrogens with zero attached hydrogens (tertiary/aromatic N) is 1. The summed E-state index contributed by atoms with van der Waals surface area (Å²) >= 11 is 0. The van der Waals surface area contributed by atoms with Gasteiger partial charge in [0.05, 0.1) is 40.1 Å². The fraction of sp³-hybridized carbons (Fsp3) is 0.368. The first kappa shape index (κ1) is 17.8. The molecule has 0 fully saturated rings. The van der Waals surface area contributed by atoms with E-state index >= 15 is 0 Å². The molecule has 1 aromatic heterocycles. The highest BCUT2D eigenvalue weighted by molar-refractivity contribution is 5.92. The number of methoxy groups -OCH3 is 3. The lowest BCUT2D eigenvalue weighted by Gasteiger charge is -2.36. The molecule has 1 aromatic carbocycles. The van der Waals surface area contributed by atoms with Gasteiger partial charge in [-0.2, -0.15) is 0 Å². The Hall–Kier alpha value is -2.96. The molecule has 1 atom stereocenters. The van der Waals surface area contributed by atoms with Crippen LogP contribution in [0.2, 0.25) is 0 Å². The molecule has 0 radical (unpaired) electrons. The molecule has 1 amide bonds. The number of hydrogen-bond donors (Lipinski definition) is 0. The number of benzene rings is 1. The van der Waals surface area contributed by atoms with Gasteiger partial charge in [0, 0.05) is 6.54 Å². The van der Waals surface area contributed by atoms with Gasteiger partial charge in [-0.25, -0.2) is 0 Å². The zero-order valence-corrected chi connectivity index (χ0v) is 15.0. The maximum atomic E-state index is 12.9. The van der Waals surface area contributed by atoms with E-state index in [1.165, 1.54) is 13.4 Å². The van der Waals surface area contributed by atoms with Gasteiger partial charge in [-0.3, -0.25) is 9.59 Å². The van der Waals surface area contributed by atoms with Crippen LogP contribution in [0.1, 0.15) is 34.1 Å². The maximum absolute atomic E-state index is 12.9. The van der Waals surface area contributed by atoms with E-state index in [-0.39, 0.29) is 18.1 Å². The van der Waals surface area contributed by atoms with Crippen LogP contribution in [-0.4, -0.2) is 44.7 Å². The smallest absolute Gasteiger partial charge is 0.307 e.